The first-order valence-corrected chi connectivity index (χ1v) is 7.85. The highest BCUT2D eigenvalue weighted by Crippen LogP contribution is 2.28. The number of hydrogen-bond acceptors (Lipinski definition) is 4. The van der Waals surface area contributed by atoms with Crippen LogP contribution < -0.4 is 10.6 Å². The van der Waals surface area contributed by atoms with E-state index in [4.69, 9.17) is 11.6 Å². The van der Waals surface area contributed by atoms with E-state index in [1.165, 1.54) is 0 Å². The number of aromatic nitrogens is 2. The van der Waals surface area contributed by atoms with Crippen molar-refractivity contribution in [2.24, 2.45) is 0 Å². The van der Waals surface area contributed by atoms with Gasteiger partial charge >= 0.3 is 0 Å². The van der Waals surface area contributed by atoms with Crippen LogP contribution in [-0.2, 0) is 0 Å². The van der Waals surface area contributed by atoms with Gasteiger partial charge in [-0.05, 0) is 54.1 Å². The van der Waals surface area contributed by atoms with Gasteiger partial charge in [0.05, 0.1) is 10.7 Å². The van der Waals surface area contributed by atoms with Crippen molar-refractivity contribution in [3.05, 3.63) is 38.7 Å². The topological polar surface area (TPSA) is 49.8 Å². The van der Waals surface area contributed by atoms with Crippen molar-refractivity contribution in [2.45, 2.75) is 20.3 Å². The van der Waals surface area contributed by atoms with Crippen LogP contribution in [0.2, 0.25) is 5.02 Å². The van der Waals surface area contributed by atoms with E-state index >= 15 is 0 Å². The van der Waals surface area contributed by atoms with E-state index in [1.54, 1.807) is 6.33 Å². The number of benzene rings is 1. The third-order valence-electron chi connectivity index (χ3n) is 2.81. The predicted octanol–water partition coefficient (Wildman–Crippen LogP) is 4.61. The maximum atomic E-state index is 6.23. The third-order valence-corrected chi connectivity index (χ3v) is 3.79. The number of hydrogen-bond donors (Lipinski definition) is 2. The molecule has 0 aliphatic rings. The molecule has 2 N–H and O–H groups in total. The number of nitrogens with one attached hydrogen (secondary N) is 2. The van der Waals surface area contributed by atoms with Crippen molar-refractivity contribution in [1.29, 1.82) is 0 Å². The molecule has 0 unspecified atom stereocenters. The lowest BCUT2D eigenvalue weighted by Crippen LogP contribution is -2.07. The van der Waals surface area contributed by atoms with E-state index in [1.807, 2.05) is 25.1 Å². The monoisotopic (exact) mass is 402 g/mol. The number of nitrogens with zero attached hydrogens (tertiary/aromatic N) is 2. The second kappa shape index (κ2) is 7.08. The smallest absolute Gasteiger partial charge is 0.138 e. The highest BCUT2D eigenvalue weighted by Gasteiger charge is 2.08. The molecule has 0 atom stereocenters. The van der Waals surface area contributed by atoms with Crippen molar-refractivity contribution in [3.63, 3.8) is 0 Å². The van der Waals surface area contributed by atoms with E-state index < -0.39 is 0 Å². The van der Waals surface area contributed by atoms with E-state index in [9.17, 15) is 0 Å². The Bertz CT molecular complexity index is 604. The van der Waals surface area contributed by atoms with Crippen LogP contribution in [0.1, 0.15) is 18.9 Å². The van der Waals surface area contributed by atoms with Crippen LogP contribution in [0.4, 0.5) is 17.3 Å². The Kier molecular flexibility index (Phi) is 5.42. The van der Waals surface area contributed by atoms with Crippen molar-refractivity contribution in [2.75, 3.05) is 17.2 Å². The molecular formula is C14H16ClIN4. The van der Waals surface area contributed by atoms with E-state index in [-0.39, 0.29) is 0 Å². The molecule has 0 saturated heterocycles. The number of halogens is 2. The van der Waals surface area contributed by atoms with Gasteiger partial charge in [-0.1, -0.05) is 18.5 Å². The summed E-state index contributed by atoms with van der Waals surface area (Å²) in [6.45, 7) is 5.00. The molecule has 106 valence electrons. The Morgan fingerprint density at radius 3 is 2.70 bits per heavy atom. The van der Waals surface area contributed by atoms with Gasteiger partial charge in [-0.25, -0.2) is 9.97 Å². The fourth-order valence-electron chi connectivity index (χ4n) is 1.72. The van der Waals surface area contributed by atoms with Crippen LogP contribution in [0.5, 0.6) is 0 Å². The molecule has 2 aromatic rings. The maximum absolute atomic E-state index is 6.23. The average molecular weight is 403 g/mol. The summed E-state index contributed by atoms with van der Waals surface area (Å²) in [4.78, 5) is 8.54. The van der Waals surface area contributed by atoms with Gasteiger partial charge in [0.15, 0.2) is 0 Å². The van der Waals surface area contributed by atoms with Gasteiger partial charge in [-0.3, -0.25) is 0 Å². The van der Waals surface area contributed by atoms with Crippen molar-refractivity contribution < 1.29 is 0 Å². The van der Waals surface area contributed by atoms with Gasteiger partial charge in [0.25, 0.3) is 0 Å². The Morgan fingerprint density at radius 2 is 2.00 bits per heavy atom. The molecule has 0 radical (unpaired) electrons. The molecule has 1 aromatic heterocycles. The fraction of sp³-hybridized carbons (Fsp3) is 0.286. The zero-order valence-electron chi connectivity index (χ0n) is 11.4. The lowest BCUT2D eigenvalue weighted by molar-refractivity contribution is 0.960. The van der Waals surface area contributed by atoms with Crippen molar-refractivity contribution in [1.82, 2.24) is 9.97 Å². The van der Waals surface area contributed by atoms with Crippen LogP contribution in [0.15, 0.2) is 24.5 Å². The summed E-state index contributed by atoms with van der Waals surface area (Å²) in [5.74, 6) is 1.62. The van der Waals surface area contributed by atoms with E-state index in [0.717, 1.165) is 39.4 Å². The van der Waals surface area contributed by atoms with Crippen LogP contribution in [0, 0.1) is 10.5 Å². The molecule has 0 amide bonds. The molecule has 20 heavy (non-hydrogen) atoms. The molecule has 1 aromatic carbocycles. The molecular weight excluding hydrogens is 387 g/mol. The summed E-state index contributed by atoms with van der Waals surface area (Å²) < 4.78 is 1.10. The first kappa shape index (κ1) is 15.3. The molecule has 2 rings (SSSR count). The average Bonchev–Trinajstić information content (AvgIpc) is 2.42. The zero-order chi connectivity index (χ0) is 14.5. The number of rotatable bonds is 5. The van der Waals surface area contributed by atoms with E-state index in [2.05, 4.69) is 50.1 Å². The molecule has 6 heteroatoms. The number of anilines is 3. The standard InChI is InChI=1S/C14H16ClIN4/c1-3-6-17-13-9(2)14(19-8-18-13)20-12-5-4-10(16)7-11(12)15/h4-5,7-8H,3,6H2,1-2H3,(H2,17,18,19,20). The summed E-state index contributed by atoms with van der Waals surface area (Å²) in [6.07, 6.45) is 2.60. The minimum absolute atomic E-state index is 0.679. The molecule has 0 aliphatic carbocycles. The minimum Gasteiger partial charge on any atom is -0.370 e. The van der Waals surface area contributed by atoms with Gasteiger partial charge in [0.2, 0.25) is 0 Å². The lowest BCUT2D eigenvalue weighted by atomic mass is 10.2. The first-order valence-electron chi connectivity index (χ1n) is 6.39. The summed E-state index contributed by atoms with van der Waals surface area (Å²) in [5.41, 5.74) is 1.82. The molecule has 0 bridgehead atoms. The van der Waals surface area contributed by atoms with Crippen molar-refractivity contribution >= 4 is 51.5 Å². The van der Waals surface area contributed by atoms with Gasteiger partial charge in [-0.15, -0.1) is 0 Å². The zero-order valence-corrected chi connectivity index (χ0v) is 14.3. The van der Waals surface area contributed by atoms with Gasteiger partial charge in [0, 0.05) is 15.7 Å². The minimum atomic E-state index is 0.679. The first-order chi connectivity index (χ1) is 9.61. The third kappa shape index (κ3) is 3.73. The summed E-state index contributed by atoms with van der Waals surface area (Å²) in [5, 5.41) is 7.22. The molecule has 4 nitrogen and oxygen atoms in total. The highest BCUT2D eigenvalue weighted by atomic mass is 127. The van der Waals surface area contributed by atoms with Gasteiger partial charge in [-0.2, -0.15) is 0 Å². The van der Waals surface area contributed by atoms with Crippen LogP contribution in [0.25, 0.3) is 0 Å². The largest absolute Gasteiger partial charge is 0.370 e. The quantitative estimate of drug-likeness (QED) is 0.717. The van der Waals surface area contributed by atoms with E-state index in [0.29, 0.717) is 5.02 Å². The van der Waals surface area contributed by atoms with Gasteiger partial charge in [0.1, 0.15) is 18.0 Å². The Balaban J connectivity index is 2.24. The van der Waals surface area contributed by atoms with Crippen LogP contribution >= 0.6 is 34.2 Å². The second-order valence-corrected chi connectivity index (χ2v) is 6.02. The highest BCUT2D eigenvalue weighted by molar-refractivity contribution is 14.1. The molecule has 1 heterocycles. The molecule has 0 spiro atoms. The van der Waals surface area contributed by atoms with Crippen LogP contribution in [-0.4, -0.2) is 16.5 Å². The fourth-order valence-corrected chi connectivity index (χ4v) is 2.62. The lowest BCUT2D eigenvalue weighted by Gasteiger charge is -2.13. The SMILES string of the molecule is CCCNc1ncnc(Nc2ccc(I)cc2Cl)c1C. The Labute approximate surface area is 137 Å². The summed E-state index contributed by atoms with van der Waals surface area (Å²) in [7, 11) is 0. The van der Waals surface area contributed by atoms with Crippen molar-refractivity contribution in [3.8, 4) is 0 Å². The second-order valence-electron chi connectivity index (χ2n) is 4.37. The molecule has 0 aliphatic heterocycles. The maximum Gasteiger partial charge on any atom is 0.138 e. The Hall–Kier alpha value is -1.08. The summed E-state index contributed by atoms with van der Waals surface area (Å²) >= 11 is 8.46. The predicted molar refractivity (Wildman–Crippen MR) is 93.0 cm³/mol. The Morgan fingerprint density at radius 1 is 1.25 bits per heavy atom. The van der Waals surface area contributed by atoms with Crippen LogP contribution in [0.3, 0.4) is 0 Å². The van der Waals surface area contributed by atoms with Gasteiger partial charge < -0.3 is 10.6 Å². The normalized spacial score (nSPS) is 10.4. The molecule has 0 saturated carbocycles. The molecule has 0 fully saturated rings. The summed E-state index contributed by atoms with van der Waals surface area (Å²) in [6, 6.07) is 5.86.